The van der Waals surface area contributed by atoms with Crippen molar-refractivity contribution in [2.45, 2.75) is 173 Å². The predicted molar refractivity (Wildman–Crippen MR) is 212 cm³/mol. The molecule has 53 heavy (non-hydrogen) atoms. The van der Waals surface area contributed by atoms with Gasteiger partial charge in [0.15, 0.2) is 5.79 Å². The second kappa shape index (κ2) is 21.4. The van der Waals surface area contributed by atoms with Crippen molar-refractivity contribution in [3.63, 3.8) is 0 Å². The third-order valence-corrected chi connectivity index (χ3v) is 13.3. The first-order chi connectivity index (χ1) is 25.3. The Labute approximate surface area is 322 Å². The molecule has 3 fully saturated rings. The summed E-state index contributed by atoms with van der Waals surface area (Å²) in [6.07, 6.45) is 15.7. The van der Waals surface area contributed by atoms with Gasteiger partial charge in [-0.05, 0) is 114 Å². The summed E-state index contributed by atoms with van der Waals surface area (Å²) in [5.74, 6) is -0.572. The molecule has 0 aromatic rings. The highest BCUT2D eigenvalue weighted by atomic mass is 16.7. The highest BCUT2D eigenvalue weighted by Crippen LogP contribution is 2.40. The number of nitrogens with zero attached hydrogens (tertiary/aromatic N) is 1. The number of allylic oxidation sites excluding steroid dienone is 4. The van der Waals surface area contributed by atoms with E-state index in [0.717, 1.165) is 76.3 Å². The molecule has 2 bridgehead atoms. The van der Waals surface area contributed by atoms with E-state index in [9.17, 15) is 15.3 Å². The predicted octanol–water partition coefficient (Wildman–Crippen LogP) is 7.23. The summed E-state index contributed by atoms with van der Waals surface area (Å²) in [6.45, 7) is 17.1. The lowest BCUT2D eigenvalue weighted by Gasteiger charge is -2.48. The highest BCUT2D eigenvalue weighted by molar-refractivity contribution is 5.11. The van der Waals surface area contributed by atoms with Crippen LogP contribution in [-0.4, -0.2) is 116 Å². The zero-order valence-electron chi connectivity index (χ0n) is 34.6. The van der Waals surface area contributed by atoms with E-state index in [4.69, 9.17) is 23.7 Å². The fourth-order valence-corrected chi connectivity index (χ4v) is 9.92. The van der Waals surface area contributed by atoms with Crippen LogP contribution in [0.1, 0.15) is 118 Å². The maximum atomic E-state index is 12.2. The van der Waals surface area contributed by atoms with Gasteiger partial charge in [0.25, 0.3) is 0 Å². The Balaban J connectivity index is 1.64. The molecule has 9 nitrogen and oxygen atoms in total. The van der Waals surface area contributed by atoms with Gasteiger partial charge in [0, 0.05) is 52.2 Å². The Morgan fingerprint density at radius 2 is 1.62 bits per heavy atom. The third-order valence-electron chi connectivity index (χ3n) is 13.3. The summed E-state index contributed by atoms with van der Waals surface area (Å²) in [4.78, 5) is 2.49. The fourth-order valence-electron chi connectivity index (χ4n) is 9.92. The van der Waals surface area contributed by atoms with Crippen molar-refractivity contribution in [1.82, 2.24) is 4.90 Å². The van der Waals surface area contributed by atoms with E-state index in [-0.39, 0.29) is 60.2 Å². The first kappa shape index (κ1) is 44.6. The van der Waals surface area contributed by atoms with Gasteiger partial charge in [-0.1, -0.05) is 51.0 Å². The minimum atomic E-state index is -1.29. The summed E-state index contributed by atoms with van der Waals surface area (Å²) >= 11 is 0. The summed E-state index contributed by atoms with van der Waals surface area (Å²) in [5.41, 5.74) is 2.47. The number of fused-ring (bicyclic) bond motifs is 3. The average Bonchev–Trinajstić information content (AvgIpc) is 3.13. The monoisotopic (exact) mass is 748 g/mol. The van der Waals surface area contributed by atoms with Crippen LogP contribution < -0.4 is 0 Å². The maximum Gasteiger partial charge on any atom is 0.169 e. The first-order valence-electron chi connectivity index (χ1n) is 21.0. The minimum Gasteiger partial charge on any atom is -0.393 e. The van der Waals surface area contributed by atoms with E-state index in [0.29, 0.717) is 38.3 Å². The lowest BCUT2D eigenvalue weighted by Crippen LogP contribution is -2.58. The molecule has 4 aliphatic rings. The Kier molecular flexibility index (Phi) is 18.0. The summed E-state index contributed by atoms with van der Waals surface area (Å²) in [7, 11) is 5.17. The number of aliphatic hydroxyl groups is 3. The van der Waals surface area contributed by atoms with Crippen molar-refractivity contribution in [3.05, 3.63) is 36.0 Å². The Morgan fingerprint density at radius 1 is 0.925 bits per heavy atom. The lowest BCUT2D eigenvalue weighted by atomic mass is 9.82. The van der Waals surface area contributed by atoms with Gasteiger partial charge in [0.1, 0.15) is 6.10 Å². The fraction of sp³-hybridized carbons (Fsp3) is 0.864. The van der Waals surface area contributed by atoms with Crippen molar-refractivity contribution < 1.29 is 39.0 Å². The van der Waals surface area contributed by atoms with Crippen molar-refractivity contribution >= 4 is 0 Å². The molecule has 4 rings (SSSR count). The molecule has 9 heteroatoms. The van der Waals surface area contributed by atoms with Gasteiger partial charge < -0.3 is 39.0 Å². The van der Waals surface area contributed by atoms with Crippen LogP contribution in [0, 0.1) is 29.6 Å². The zero-order chi connectivity index (χ0) is 38.7. The molecule has 1 aliphatic carbocycles. The van der Waals surface area contributed by atoms with E-state index in [1.54, 1.807) is 21.3 Å². The number of methoxy groups -OCH3 is 3. The van der Waals surface area contributed by atoms with Gasteiger partial charge in [0.05, 0.1) is 43.2 Å². The molecule has 306 valence electrons. The van der Waals surface area contributed by atoms with Crippen molar-refractivity contribution in [2.24, 2.45) is 29.6 Å². The van der Waals surface area contributed by atoms with Crippen LogP contribution in [0.3, 0.4) is 0 Å². The maximum absolute atomic E-state index is 12.2. The van der Waals surface area contributed by atoms with E-state index in [1.807, 2.05) is 6.08 Å². The van der Waals surface area contributed by atoms with Gasteiger partial charge in [-0.3, -0.25) is 4.90 Å². The SMILES string of the molecule is C=CCC1C=C(C)CC(C)CC(OC)C2OC(O)(CCN3CCCCC3COC(C(C)=CC3CCC(O)C(OC)C3)C(C)C(O)CC1)C(C)CC2OC. The molecule has 0 radical (unpaired) electrons. The molecule has 1 saturated carbocycles. The molecule has 3 N–H and O–H groups in total. The molecule has 0 spiro atoms. The molecule has 0 aromatic carbocycles. The normalized spacial score (nSPS) is 42.5. The van der Waals surface area contributed by atoms with Crippen LogP contribution in [0.5, 0.6) is 0 Å². The van der Waals surface area contributed by atoms with E-state index >= 15 is 0 Å². The van der Waals surface area contributed by atoms with Crippen LogP contribution in [-0.2, 0) is 23.7 Å². The van der Waals surface area contributed by atoms with Crippen LogP contribution in [0.2, 0.25) is 0 Å². The number of hydrogen-bond acceptors (Lipinski definition) is 9. The summed E-state index contributed by atoms with van der Waals surface area (Å²) in [5, 5.41) is 34.4. The van der Waals surface area contributed by atoms with Gasteiger partial charge in [-0.15, -0.1) is 6.58 Å². The smallest absolute Gasteiger partial charge is 0.169 e. The van der Waals surface area contributed by atoms with Crippen molar-refractivity contribution in [2.75, 3.05) is 41.0 Å². The molecule has 0 amide bonds. The molecule has 3 heterocycles. The average molecular weight is 748 g/mol. The lowest BCUT2D eigenvalue weighted by molar-refractivity contribution is -0.324. The molecule has 3 aliphatic heterocycles. The van der Waals surface area contributed by atoms with Crippen LogP contribution >= 0.6 is 0 Å². The van der Waals surface area contributed by atoms with Crippen LogP contribution in [0.25, 0.3) is 0 Å². The number of rotatable bonds is 7. The molecular formula is C44H77NO8. The Bertz CT molecular complexity index is 1160. The van der Waals surface area contributed by atoms with Gasteiger partial charge in [-0.2, -0.15) is 0 Å². The number of hydrogen-bond donors (Lipinski definition) is 3. The third kappa shape index (κ3) is 12.4. The topological polar surface area (TPSA) is 110 Å². The van der Waals surface area contributed by atoms with E-state index in [1.165, 1.54) is 5.57 Å². The summed E-state index contributed by atoms with van der Waals surface area (Å²) in [6, 6.07) is 0.211. The number of ether oxygens (including phenoxy) is 5. The first-order valence-corrected chi connectivity index (χ1v) is 21.0. The molecule has 0 aromatic heterocycles. The second-order valence-electron chi connectivity index (χ2n) is 17.5. The largest absolute Gasteiger partial charge is 0.393 e. The van der Waals surface area contributed by atoms with E-state index < -0.39 is 18.0 Å². The zero-order valence-corrected chi connectivity index (χ0v) is 34.6. The van der Waals surface area contributed by atoms with Gasteiger partial charge in [0.2, 0.25) is 0 Å². The quantitative estimate of drug-likeness (QED) is 0.233. The molecular weight excluding hydrogens is 670 g/mol. The summed E-state index contributed by atoms with van der Waals surface area (Å²) < 4.78 is 31.4. The van der Waals surface area contributed by atoms with Gasteiger partial charge >= 0.3 is 0 Å². The van der Waals surface area contributed by atoms with Crippen molar-refractivity contribution in [1.29, 1.82) is 0 Å². The standard InChI is InChI=1S/C44H77NO8/c1-10-13-34-15-17-37(46)33(6)42(31(4)25-35-16-18-38(47)39(27-35)49-7)52-28-36-14-11-12-20-45(36)21-19-44(48)32(5)26-41(51-9)43(53-44)40(50-8)24-30(3)22-29(2)23-34/h10,23,25,30,32-43,46-48H,1,11-22,24,26-28H2,2-9H3. The highest BCUT2D eigenvalue weighted by Gasteiger charge is 2.49. The van der Waals surface area contributed by atoms with Gasteiger partial charge in [-0.25, -0.2) is 0 Å². The second-order valence-corrected chi connectivity index (χ2v) is 17.5. The number of aliphatic hydroxyl groups excluding tert-OH is 2. The van der Waals surface area contributed by atoms with E-state index in [2.05, 4.69) is 58.2 Å². The Hall–Kier alpha value is -1.14. The molecule has 2 saturated heterocycles. The molecule has 14 atom stereocenters. The van der Waals surface area contributed by atoms with Crippen LogP contribution in [0.4, 0.5) is 0 Å². The minimum absolute atomic E-state index is 0.0928. The number of piperidine rings is 1. The van der Waals surface area contributed by atoms with Crippen molar-refractivity contribution in [3.8, 4) is 0 Å². The van der Waals surface area contributed by atoms with Crippen LogP contribution in [0.15, 0.2) is 36.0 Å². The molecule has 14 unspecified atom stereocenters. The Morgan fingerprint density at radius 3 is 2.32 bits per heavy atom.